The minimum atomic E-state index is -0.450. The number of carbonyl (C=O) groups excluding carboxylic acids is 2. The number of nitrogens with zero attached hydrogens (tertiary/aromatic N) is 1. The predicted molar refractivity (Wildman–Crippen MR) is 69.3 cm³/mol. The Morgan fingerprint density at radius 3 is 2.35 bits per heavy atom. The van der Waals surface area contributed by atoms with Gasteiger partial charge in [0.1, 0.15) is 11.9 Å². The molecule has 0 spiro atoms. The van der Waals surface area contributed by atoms with Gasteiger partial charge in [-0.1, -0.05) is 15.9 Å². The number of amides is 1. The second-order valence-electron chi connectivity index (χ2n) is 5.39. The Labute approximate surface area is 111 Å². The first kappa shape index (κ1) is 14.5. The number of rotatable bonds is 2. The van der Waals surface area contributed by atoms with Crippen molar-refractivity contribution in [1.82, 2.24) is 4.90 Å². The molecule has 0 N–H and O–H groups in total. The van der Waals surface area contributed by atoms with E-state index in [0.29, 0.717) is 19.0 Å². The van der Waals surface area contributed by atoms with Gasteiger partial charge in [0, 0.05) is 13.1 Å². The van der Waals surface area contributed by atoms with Crippen LogP contribution in [0.1, 0.15) is 33.6 Å². The van der Waals surface area contributed by atoms with Crippen molar-refractivity contribution in [1.29, 1.82) is 0 Å². The zero-order valence-corrected chi connectivity index (χ0v) is 12.2. The van der Waals surface area contributed by atoms with Gasteiger partial charge in [0.05, 0.1) is 4.83 Å². The summed E-state index contributed by atoms with van der Waals surface area (Å²) < 4.78 is 5.30. The van der Waals surface area contributed by atoms with Crippen LogP contribution in [0.5, 0.6) is 0 Å². The highest BCUT2D eigenvalue weighted by Crippen LogP contribution is 2.25. The second-order valence-corrected chi connectivity index (χ2v) is 6.44. The molecule has 1 saturated heterocycles. The molecule has 1 heterocycles. The summed E-state index contributed by atoms with van der Waals surface area (Å²) in [5.41, 5.74) is -0.450. The van der Waals surface area contributed by atoms with Crippen molar-refractivity contribution in [2.75, 3.05) is 13.1 Å². The molecule has 98 valence electrons. The fraction of sp³-hybridized carbons (Fsp3) is 0.833. The summed E-state index contributed by atoms with van der Waals surface area (Å²) in [5.74, 6) is 0.325. The van der Waals surface area contributed by atoms with Crippen LogP contribution in [0.4, 0.5) is 4.79 Å². The van der Waals surface area contributed by atoms with E-state index in [2.05, 4.69) is 15.9 Å². The molecule has 17 heavy (non-hydrogen) atoms. The largest absolute Gasteiger partial charge is 0.444 e. The Morgan fingerprint density at radius 1 is 1.41 bits per heavy atom. The smallest absolute Gasteiger partial charge is 0.410 e. The first-order valence-corrected chi connectivity index (χ1v) is 6.82. The number of halogens is 1. The molecule has 0 aromatic carbocycles. The van der Waals surface area contributed by atoms with Crippen molar-refractivity contribution < 1.29 is 14.3 Å². The minimum Gasteiger partial charge on any atom is -0.444 e. The molecule has 1 rings (SSSR count). The highest BCUT2D eigenvalue weighted by atomic mass is 79.9. The second kappa shape index (κ2) is 5.85. The highest BCUT2D eigenvalue weighted by Gasteiger charge is 2.29. The molecule has 1 fully saturated rings. The normalized spacial score (nSPS) is 19.9. The Morgan fingerprint density at radius 2 is 1.94 bits per heavy atom. The van der Waals surface area contributed by atoms with Crippen molar-refractivity contribution in [3.05, 3.63) is 0 Å². The van der Waals surface area contributed by atoms with E-state index in [1.807, 2.05) is 20.8 Å². The van der Waals surface area contributed by atoms with Gasteiger partial charge in [0.25, 0.3) is 0 Å². The maximum absolute atomic E-state index is 11.8. The summed E-state index contributed by atoms with van der Waals surface area (Å²) in [4.78, 5) is 24.1. The zero-order chi connectivity index (χ0) is 13.1. The molecule has 1 aliphatic rings. The average Bonchev–Trinajstić information content (AvgIpc) is 2.26. The van der Waals surface area contributed by atoms with Crippen molar-refractivity contribution >= 4 is 28.3 Å². The minimum absolute atomic E-state index is 0.0942. The van der Waals surface area contributed by atoms with E-state index < -0.39 is 5.60 Å². The van der Waals surface area contributed by atoms with Crippen molar-refractivity contribution in [2.24, 2.45) is 5.92 Å². The van der Waals surface area contributed by atoms with Crippen LogP contribution in [0.15, 0.2) is 0 Å². The Balaban J connectivity index is 2.41. The van der Waals surface area contributed by atoms with E-state index in [-0.39, 0.29) is 10.9 Å². The number of hydrogen-bond donors (Lipinski definition) is 0. The van der Waals surface area contributed by atoms with Crippen LogP contribution in [0.25, 0.3) is 0 Å². The lowest BCUT2D eigenvalue weighted by Gasteiger charge is -2.34. The summed E-state index contributed by atoms with van der Waals surface area (Å²) in [5, 5.41) is 0. The van der Waals surface area contributed by atoms with Crippen LogP contribution >= 0.6 is 15.9 Å². The molecule has 1 amide bonds. The summed E-state index contributed by atoms with van der Waals surface area (Å²) in [6.07, 6.45) is 2.35. The van der Waals surface area contributed by atoms with E-state index >= 15 is 0 Å². The summed E-state index contributed by atoms with van der Waals surface area (Å²) in [7, 11) is 0. The quantitative estimate of drug-likeness (QED) is 0.582. The molecular formula is C12H20BrNO3. The van der Waals surface area contributed by atoms with E-state index in [4.69, 9.17) is 4.74 Å². The lowest BCUT2D eigenvalue weighted by atomic mass is 9.94. The van der Waals surface area contributed by atoms with Gasteiger partial charge in [-0.3, -0.25) is 0 Å². The number of carbonyl (C=O) groups is 2. The first-order valence-electron chi connectivity index (χ1n) is 5.91. The number of aldehydes is 1. The van der Waals surface area contributed by atoms with Gasteiger partial charge in [0.2, 0.25) is 0 Å². The molecule has 0 aromatic heterocycles. The fourth-order valence-electron chi connectivity index (χ4n) is 1.84. The van der Waals surface area contributed by atoms with Crippen LogP contribution in [-0.2, 0) is 9.53 Å². The van der Waals surface area contributed by atoms with E-state index in [1.54, 1.807) is 4.90 Å². The van der Waals surface area contributed by atoms with Crippen molar-refractivity contribution in [2.45, 2.75) is 44.0 Å². The van der Waals surface area contributed by atoms with Gasteiger partial charge in [-0.05, 0) is 39.5 Å². The molecule has 0 aliphatic carbocycles. The molecule has 1 atom stereocenters. The van der Waals surface area contributed by atoms with Gasteiger partial charge >= 0.3 is 6.09 Å². The summed E-state index contributed by atoms with van der Waals surface area (Å²) in [6.45, 7) is 6.90. The van der Waals surface area contributed by atoms with Gasteiger partial charge in [-0.2, -0.15) is 0 Å². The van der Waals surface area contributed by atoms with E-state index in [9.17, 15) is 9.59 Å². The standard InChI is InChI=1S/C12H20BrNO3/c1-12(2,3)17-11(16)14-6-4-9(5-7-14)10(13)8-15/h8-10H,4-7H2,1-3H3/t10-/m0/s1. The van der Waals surface area contributed by atoms with Gasteiger partial charge in [-0.25, -0.2) is 4.79 Å². The highest BCUT2D eigenvalue weighted by molar-refractivity contribution is 9.10. The Hall–Kier alpha value is -0.580. The number of alkyl halides is 1. The monoisotopic (exact) mass is 305 g/mol. The van der Waals surface area contributed by atoms with Crippen LogP contribution in [0.2, 0.25) is 0 Å². The molecule has 4 nitrogen and oxygen atoms in total. The summed E-state index contributed by atoms with van der Waals surface area (Å²) >= 11 is 3.34. The van der Waals surface area contributed by atoms with E-state index in [0.717, 1.165) is 19.1 Å². The lowest BCUT2D eigenvalue weighted by molar-refractivity contribution is -0.108. The fourth-order valence-corrected chi connectivity index (χ4v) is 2.37. The maximum atomic E-state index is 11.8. The molecule has 0 aromatic rings. The van der Waals surface area contributed by atoms with E-state index in [1.165, 1.54) is 0 Å². The van der Waals surface area contributed by atoms with Crippen LogP contribution in [0.3, 0.4) is 0 Å². The van der Waals surface area contributed by atoms with Gasteiger partial charge in [0.15, 0.2) is 0 Å². The van der Waals surface area contributed by atoms with Gasteiger partial charge < -0.3 is 14.4 Å². The lowest BCUT2D eigenvalue weighted by Crippen LogP contribution is -2.43. The predicted octanol–water partition coefficient (Wildman–Crippen LogP) is 2.60. The zero-order valence-electron chi connectivity index (χ0n) is 10.6. The average molecular weight is 306 g/mol. The SMILES string of the molecule is CC(C)(C)OC(=O)N1CCC([C@@H](Br)C=O)CC1. The maximum Gasteiger partial charge on any atom is 0.410 e. The Kier molecular flexibility index (Phi) is 4.98. The van der Waals surface area contributed by atoms with Crippen LogP contribution < -0.4 is 0 Å². The first-order chi connectivity index (χ1) is 7.83. The third kappa shape index (κ3) is 4.66. The van der Waals surface area contributed by atoms with Crippen molar-refractivity contribution in [3.8, 4) is 0 Å². The third-order valence-corrected chi connectivity index (χ3v) is 3.74. The molecule has 1 aliphatic heterocycles. The third-order valence-electron chi connectivity index (χ3n) is 2.77. The molecule has 0 bridgehead atoms. The van der Waals surface area contributed by atoms with Crippen LogP contribution in [-0.4, -0.2) is 40.8 Å². The van der Waals surface area contributed by atoms with Crippen molar-refractivity contribution in [3.63, 3.8) is 0 Å². The van der Waals surface area contributed by atoms with Gasteiger partial charge in [-0.15, -0.1) is 0 Å². The molecular weight excluding hydrogens is 286 g/mol. The number of hydrogen-bond acceptors (Lipinski definition) is 3. The molecule has 5 heteroatoms. The molecule has 0 radical (unpaired) electrons. The summed E-state index contributed by atoms with van der Waals surface area (Å²) in [6, 6.07) is 0. The number of likely N-dealkylation sites (tertiary alicyclic amines) is 1. The van der Waals surface area contributed by atoms with Crippen LogP contribution in [0, 0.1) is 5.92 Å². The number of ether oxygens (including phenoxy) is 1. The Bertz CT molecular complexity index is 280. The molecule has 0 unspecified atom stereocenters. The topological polar surface area (TPSA) is 46.6 Å². The number of piperidine rings is 1. The molecule has 0 saturated carbocycles.